The van der Waals surface area contributed by atoms with E-state index in [9.17, 15) is 21.6 Å². The average Bonchev–Trinajstić information content (AvgIpc) is 3.13. The summed E-state index contributed by atoms with van der Waals surface area (Å²) in [5.74, 6) is 0. The molecule has 0 radical (unpaired) electrons. The molecule has 1 N–H and O–H groups in total. The summed E-state index contributed by atoms with van der Waals surface area (Å²) in [6.07, 6.45) is -1.37. The second-order valence-electron chi connectivity index (χ2n) is 5.79. The Morgan fingerprint density at radius 1 is 0.963 bits per heavy atom. The molecule has 1 heterocycles. The Labute approximate surface area is 154 Å². The summed E-state index contributed by atoms with van der Waals surface area (Å²) < 4.78 is 68.2. The van der Waals surface area contributed by atoms with Crippen molar-refractivity contribution in [3.8, 4) is 0 Å². The molecule has 0 amide bonds. The summed E-state index contributed by atoms with van der Waals surface area (Å²) in [6, 6.07) is 12.9. The fourth-order valence-electron chi connectivity index (χ4n) is 2.64. The predicted octanol–water partition coefficient (Wildman–Crippen LogP) is 3.43. The predicted molar refractivity (Wildman–Crippen MR) is 93.2 cm³/mol. The van der Waals surface area contributed by atoms with Crippen molar-refractivity contribution >= 4 is 10.0 Å². The highest BCUT2D eigenvalue weighted by Crippen LogP contribution is 2.33. The third-order valence-electron chi connectivity index (χ3n) is 3.94. The lowest BCUT2D eigenvalue weighted by Crippen LogP contribution is -2.26. The molecule has 0 unspecified atom stereocenters. The van der Waals surface area contributed by atoms with Crippen LogP contribution in [0.3, 0.4) is 0 Å². The van der Waals surface area contributed by atoms with E-state index in [1.54, 1.807) is 41.3 Å². The highest BCUT2D eigenvalue weighted by atomic mass is 32.2. The summed E-state index contributed by atoms with van der Waals surface area (Å²) in [6.45, 7) is 0.288. The van der Waals surface area contributed by atoms with Gasteiger partial charge in [-0.2, -0.15) is 18.3 Å². The fourth-order valence-corrected chi connectivity index (χ4v) is 3.87. The molecule has 2 aromatic carbocycles. The molecule has 0 atom stereocenters. The van der Waals surface area contributed by atoms with Crippen molar-refractivity contribution < 1.29 is 21.6 Å². The van der Waals surface area contributed by atoms with Gasteiger partial charge in [0.2, 0.25) is 10.0 Å². The first-order valence-corrected chi connectivity index (χ1v) is 9.46. The van der Waals surface area contributed by atoms with Gasteiger partial charge in [-0.1, -0.05) is 36.4 Å². The molecule has 3 aromatic rings. The molecule has 27 heavy (non-hydrogen) atoms. The number of benzene rings is 2. The van der Waals surface area contributed by atoms with Crippen LogP contribution < -0.4 is 4.72 Å². The molecule has 0 aliphatic heterocycles. The van der Waals surface area contributed by atoms with Gasteiger partial charge in [-0.15, -0.1) is 0 Å². The molecule has 0 aliphatic rings. The molecular weight excluding hydrogens is 379 g/mol. The second-order valence-corrected chi connectivity index (χ2v) is 7.53. The largest absolute Gasteiger partial charge is 0.417 e. The molecule has 0 fully saturated rings. The first kappa shape index (κ1) is 19.1. The number of hydrogen-bond acceptors (Lipinski definition) is 3. The number of nitrogens with one attached hydrogen (secondary N) is 1. The van der Waals surface area contributed by atoms with Crippen LogP contribution in [0.25, 0.3) is 0 Å². The highest BCUT2D eigenvalue weighted by Gasteiger charge is 2.36. The summed E-state index contributed by atoms with van der Waals surface area (Å²) >= 11 is 0. The monoisotopic (exact) mass is 395 g/mol. The third-order valence-corrected chi connectivity index (χ3v) is 5.40. The number of halogens is 3. The van der Waals surface area contributed by atoms with Crippen LogP contribution in [0.2, 0.25) is 0 Å². The van der Waals surface area contributed by atoms with Crippen molar-refractivity contribution in [2.24, 2.45) is 0 Å². The molecule has 0 spiro atoms. The lowest BCUT2D eigenvalue weighted by molar-refractivity contribution is -0.139. The van der Waals surface area contributed by atoms with E-state index in [-0.39, 0.29) is 6.54 Å². The van der Waals surface area contributed by atoms with Crippen molar-refractivity contribution in [2.75, 3.05) is 0 Å². The van der Waals surface area contributed by atoms with Gasteiger partial charge in [-0.25, -0.2) is 13.1 Å². The van der Waals surface area contributed by atoms with E-state index >= 15 is 0 Å². The van der Waals surface area contributed by atoms with Crippen molar-refractivity contribution in [3.05, 3.63) is 83.7 Å². The summed E-state index contributed by atoms with van der Waals surface area (Å²) in [5.41, 5.74) is 0.274. The van der Waals surface area contributed by atoms with E-state index in [2.05, 4.69) is 9.82 Å². The Morgan fingerprint density at radius 2 is 1.63 bits per heavy atom. The maximum Gasteiger partial charge on any atom is 0.417 e. The quantitative estimate of drug-likeness (QED) is 0.696. The van der Waals surface area contributed by atoms with Crippen LogP contribution in [0.4, 0.5) is 13.2 Å². The van der Waals surface area contributed by atoms with Crippen LogP contribution in [-0.2, 0) is 29.3 Å². The minimum atomic E-state index is -4.76. The zero-order chi connectivity index (χ0) is 19.5. The molecule has 5 nitrogen and oxygen atoms in total. The molecule has 1 aromatic heterocycles. The number of sulfonamides is 1. The third kappa shape index (κ3) is 4.55. The summed E-state index contributed by atoms with van der Waals surface area (Å²) in [7, 11) is -4.34. The fraction of sp³-hybridized carbons (Fsp3) is 0.167. The average molecular weight is 395 g/mol. The van der Waals surface area contributed by atoms with Crippen LogP contribution in [-0.4, -0.2) is 18.2 Å². The molecule has 9 heteroatoms. The standard InChI is InChI=1S/C18H16F3N3O2S/c19-18(20,21)16-8-3-4-9-17(16)27(25,26)23-12-14-6-1-2-7-15(14)13-24-11-5-10-22-24/h1-11,23H,12-13H2. The van der Waals surface area contributed by atoms with Gasteiger partial charge < -0.3 is 0 Å². The van der Waals surface area contributed by atoms with Gasteiger partial charge in [-0.05, 0) is 29.3 Å². The first-order chi connectivity index (χ1) is 12.8. The number of alkyl halides is 3. The van der Waals surface area contributed by atoms with Crippen LogP contribution in [0.5, 0.6) is 0 Å². The van der Waals surface area contributed by atoms with E-state index in [0.717, 1.165) is 23.8 Å². The minimum absolute atomic E-state index is 0.133. The summed E-state index contributed by atoms with van der Waals surface area (Å²) in [5, 5.41) is 4.10. The van der Waals surface area contributed by atoms with E-state index < -0.39 is 26.7 Å². The van der Waals surface area contributed by atoms with Gasteiger partial charge in [-0.3, -0.25) is 4.68 Å². The molecule has 0 bridgehead atoms. The Hall–Kier alpha value is -2.65. The minimum Gasteiger partial charge on any atom is -0.268 e. The Bertz CT molecular complexity index is 1020. The van der Waals surface area contributed by atoms with E-state index in [4.69, 9.17) is 0 Å². The highest BCUT2D eigenvalue weighted by molar-refractivity contribution is 7.89. The zero-order valence-electron chi connectivity index (χ0n) is 14.0. The van der Waals surface area contributed by atoms with Gasteiger partial charge in [0.15, 0.2) is 0 Å². The van der Waals surface area contributed by atoms with E-state index in [1.807, 2.05) is 6.07 Å². The lowest BCUT2D eigenvalue weighted by atomic mass is 10.1. The molecular formula is C18H16F3N3O2S. The normalized spacial score (nSPS) is 12.3. The Balaban J connectivity index is 1.83. The molecule has 142 valence electrons. The van der Waals surface area contributed by atoms with Gasteiger partial charge >= 0.3 is 6.18 Å². The van der Waals surface area contributed by atoms with Gasteiger partial charge in [0, 0.05) is 18.9 Å². The number of rotatable bonds is 6. The molecule has 0 saturated heterocycles. The number of aromatic nitrogens is 2. The van der Waals surface area contributed by atoms with Crippen molar-refractivity contribution in [3.63, 3.8) is 0 Å². The zero-order valence-corrected chi connectivity index (χ0v) is 14.8. The number of hydrogen-bond donors (Lipinski definition) is 1. The van der Waals surface area contributed by atoms with Crippen LogP contribution in [0, 0.1) is 0 Å². The first-order valence-electron chi connectivity index (χ1n) is 7.97. The van der Waals surface area contributed by atoms with E-state index in [0.29, 0.717) is 12.1 Å². The Morgan fingerprint density at radius 3 is 2.30 bits per heavy atom. The summed E-state index contributed by atoms with van der Waals surface area (Å²) in [4.78, 5) is -0.790. The van der Waals surface area contributed by atoms with Gasteiger partial charge in [0.25, 0.3) is 0 Å². The van der Waals surface area contributed by atoms with Crippen molar-refractivity contribution in [2.45, 2.75) is 24.2 Å². The van der Waals surface area contributed by atoms with Gasteiger partial charge in [0.1, 0.15) is 0 Å². The van der Waals surface area contributed by atoms with Crippen LogP contribution >= 0.6 is 0 Å². The smallest absolute Gasteiger partial charge is 0.268 e. The SMILES string of the molecule is O=S(=O)(NCc1ccccc1Cn1cccn1)c1ccccc1C(F)(F)F. The topological polar surface area (TPSA) is 64.0 Å². The van der Waals surface area contributed by atoms with E-state index in [1.165, 1.54) is 6.07 Å². The lowest BCUT2D eigenvalue weighted by Gasteiger charge is -2.15. The maximum absolute atomic E-state index is 13.1. The van der Waals surface area contributed by atoms with Crippen LogP contribution in [0.1, 0.15) is 16.7 Å². The van der Waals surface area contributed by atoms with Gasteiger partial charge in [0.05, 0.1) is 17.0 Å². The van der Waals surface area contributed by atoms with Crippen molar-refractivity contribution in [1.29, 1.82) is 0 Å². The maximum atomic E-state index is 13.1. The molecule has 0 aliphatic carbocycles. The second kappa shape index (κ2) is 7.53. The van der Waals surface area contributed by atoms with Crippen molar-refractivity contribution in [1.82, 2.24) is 14.5 Å². The van der Waals surface area contributed by atoms with Crippen LogP contribution in [0.15, 0.2) is 71.9 Å². The molecule has 3 rings (SSSR count). The Kier molecular flexibility index (Phi) is 5.33. The molecule has 0 saturated carbocycles. The number of nitrogens with zero attached hydrogens (tertiary/aromatic N) is 2.